The van der Waals surface area contributed by atoms with E-state index in [-0.39, 0.29) is 18.4 Å². The summed E-state index contributed by atoms with van der Waals surface area (Å²) >= 11 is 0. The molecule has 2 aromatic carbocycles. The van der Waals surface area contributed by atoms with E-state index in [4.69, 9.17) is 4.74 Å². The Morgan fingerprint density at radius 3 is 2.52 bits per heavy atom. The fraction of sp³-hybridized carbons (Fsp3) is 0.250. The van der Waals surface area contributed by atoms with Crippen molar-refractivity contribution in [2.24, 2.45) is 0 Å². The Morgan fingerprint density at radius 2 is 1.81 bits per heavy atom. The highest BCUT2D eigenvalue weighted by Crippen LogP contribution is 2.18. The molecule has 0 amide bonds. The Kier molecular flexibility index (Phi) is 5.22. The van der Waals surface area contributed by atoms with Crippen molar-refractivity contribution in [1.29, 1.82) is 0 Å². The molecule has 1 unspecified atom stereocenters. The van der Waals surface area contributed by atoms with E-state index < -0.39 is 17.5 Å². The monoisotopic (exact) mass is 295 g/mol. The van der Waals surface area contributed by atoms with Crippen LogP contribution in [0.15, 0.2) is 42.5 Å². The van der Waals surface area contributed by atoms with Gasteiger partial charge in [-0.25, -0.2) is 13.2 Å². The third-order valence-corrected chi connectivity index (χ3v) is 3.08. The fourth-order valence-electron chi connectivity index (χ4n) is 1.96. The van der Waals surface area contributed by atoms with E-state index in [0.29, 0.717) is 12.1 Å². The predicted octanol–water partition coefficient (Wildman–Crippen LogP) is 3.83. The summed E-state index contributed by atoms with van der Waals surface area (Å²) in [7, 11) is 0. The molecule has 112 valence electrons. The summed E-state index contributed by atoms with van der Waals surface area (Å²) < 4.78 is 45.0. The van der Waals surface area contributed by atoms with Gasteiger partial charge in [0.25, 0.3) is 0 Å². The first-order valence-corrected chi connectivity index (χ1v) is 6.63. The minimum absolute atomic E-state index is 0.180. The van der Waals surface area contributed by atoms with Gasteiger partial charge in [0.15, 0.2) is 11.6 Å². The third-order valence-electron chi connectivity index (χ3n) is 3.08. The van der Waals surface area contributed by atoms with E-state index >= 15 is 0 Å². The molecule has 0 aromatic heterocycles. The van der Waals surface area contributed by atoms with Crippen LogP contribution in [0.4, 0.5) is 13.2 Å². The highest BCUT2D eigenvalue weighted by molar-refractivity contribution is 5.23. The van der Waals surface area contributed by atoms with E-state index in [1.807, 2.05) is 0 Å². The van der Waals surface area contributed by atoms with E-state index in [2.05, 4.69) is 5.32 Å². The van der Waals surface area contributed by atoms with Crippen LogP contribution in [0.25, 0.3) is 0 Å². The van der Waals surface area contributed by atoms with E-state index in [1.54, 1.807) is 25.1 Å². The molecule has 0 spiro atoms. The molecule has 0 heterocycles. The van der Waals surface area contributed by atoms with Gasteiger partial charge >= 0.3 is 0 Å². The largest absolute Gasteiger partial charge is 0.489 e. The Bertz CT molecular complexity index is 604. The Hall–Kier alpha value is -2.01. The number of ether oxygens (including phenoxy) is 1. The van der Waals surface area contributed by atoms with Crippen LogP contribution < -0.4 is 10.1 Å². The second-order valence-electron chi connectivity index (χ2n) is 4.62. The standard InChI is InChI=1S/C16H16F3NO/c1-11(13-7-6-12(17)10-15(13)19)20-8-9-21-16-5-3-2-4-14(16)18/h2-7,10-11,20H,8-9H2,1H3. The van der Waals surface area contributed by atoms with Crippen LogP contribution in [-0.4, -0.2) is 13.2 Å². The Morgan fingerprint density at radius 1 is 1.05 bits per heavy atom. The van der Waals surface area contributed by atoms with E-state index in [0.717, 1.165) is 6.07 Å². The highest BCUT2D eigenvalue weighted by Gasteiger charge is 2.11. The van der Waals surface area contributed by atoms with Gasteiger partial charge in [0.2, 0.25) is 0 Å². The molecule has 0 aliphatic rings. The lowest BCUT2D eigenvalue weighted by atomic mass is 10.1. The summed E-state index contributed by atoms with van der Waals surface area (Å²) in [5.41, 5.74) is 0.377. The van der Waals surface area contributed by atoms with Crippen LogP contribution in [0, 0.1) is 17.5 Å². The maximum absolute atomic E-state index is 13.6. The Labute approximate surface area is 121 Å². The zero-order chi connectivity index (χ0) is 15.2. The van der Waals surface area contributed by atoms with E-state index in [1.165, 1.54) is 18.2 Å². The molecule has 0 fully saturated rings. The molecule has 1 N–H and O–H groups in total. The number of hydrogen-bond donors (Lipinski definition) is 1. The first-order valence-electron chi connectivity index (χ1n) is 6.63. The zero-order valence-corrected chi connectivity index (χ0v) is 11.6. The number of rotatable bonds is 6. The smallest absolute Gasteiger partial charge is 0.165 e. The Balaban J connectivity index is 1.82. The van der Waals surface area contributed by atoms with Crippen LogP contribution >= 0.6 is 0 Å². The molecule has 2 rings (SSSR count). The molecular formula is C16H16F3NO. The van der Waals surface area contributed by atoms with Crippen LogP contribution in [0.3, 0.4) is 0 Å². The van der Waals surface area contributed by atoms with Crippen molar-refractivity contribution in [3.8, 4) is 5.75 Å². The quantitative estimate of drug-likeness (QED) is 0.818. The SMILES string of the molecule is CC(NCCOc1ccccc1F)c1ccc(F)cc1F. The second-order valence-corrected chi connectivity index (χ2v) is 4.62. The maximum Gasteiger partial charge on any atom is 0.165 e. The van der Waals surface area contributed by atoms with Gasteiger partial charge < -0.3 is 10.1 Å². The van der Waals surface area contributed by atoms with Gasteiger partial charge in [0.05, 0.1) is 0 Å². The summed E-state index contributed by atoms with van der Waals surface area (Å²) in [6.45, 7) is 2.42. The molecule has 0 radical (unpaired) electrons. The van der Waals surface area contributed by atoms with Gasteiger partial charge in [0, 0.05) is 24.2 Å². The summed E-state index contributed by atoms with van der Waals surface area (Å²) in [6, 6.07) is 9.30. The van der Waals surface area contributed by atoms with E-state index in [9.17, 15) is 13.2 Å². The molecule has 2 aromatic rings. The number of benzene rings is 2. The average molecular weight is 295 g/mol. The fourth-order valence-corrected chi connectivity index (χ4v) is 1.96. The average Bonchev–Trinajstić information content (AvgIpc) is 2.45. The van der Waals surface area contributed by atoms with Gasteiger partial charge in [-0.3, -0.25) is 0 Å². The molecule has 0 bridgehead atoms. The summed E-state index contributed by atoms with van der Waals surface area (Å²) in [5, 5.41) is 3.04. The van der Waals surface area contributed by atoms with Crippen molar-refractivity contribution in [1.82, 2.24) is 5.32 Å². The molecule has 2 nitrogen and oxygen atoms in total. The molecule has 5 heteroatoms. The number of hydrogen-bond acceptors (Lipinski definition) is 2. The van der Waals surface area contributed by atoms with Crippen LogP contribution in [-0.2, 0) is 0 Å². The first kappa shape index (κ1) is 15.4. The third kappa shape index (κ3) is 4.23. The molecular weight excluding hydrogens is 279 g/mol. The molecule has 0 aliphatic heterocycles. The topological polar surface area (TPSA) is 21.3 Å². The van der Waals surface area contributed by atoms with Gasteiger partial charge in [0.1, 0.15) is 18.2 Å². The number of para-hydroxylation sites is 1. The minimum atomic E-state index is -0.605. The van der Waals surface area contributed by atoms with Gasteiger partial charge in [-0.05, 0) is 25.1 Å². The predicted molar refractivity (Wildman–Crippen MR) is 74.7 cm³/mol. The van der Waals surface area contributed by atoms with Crippen molar-refractivity contribution in [2.45, 2.75) is 13.0 Å². The van der Waals surface area contributed by atoms with Gasteiger partial charge in [-0.2, -0.15) is 0 Å². The number of halogens is 3. The zero-order valence-electron chi connectivity index (χ0n) is 11.6. The van der Waals surface area contributed by atoms with Crippen molar-refractivity contribution >= 4 is 0 Å². The van der Waals surface area contributed by atoms with Crippen molar-refractivity contribution in [3.05, 3.63) is 65.5 Å². The number of nitrogens with one attached hydrogen (secondary N) is 1. The van der Waals surface area contributed by atoms with Crippen LogP contribution in [0.2, 0.25) is 0 Å². The van der Waals surface area contributed by atoms with Crippen molar-refractivity contribution < 1.29 is 17.9 Å². The van der Waals surface area contributed by atoms with Crippen LogP contribution in [0.5, 0.6) is 5.75 Å². The highest BCUT2D eigenvalue weighted by atomic mass is 19.1. The molecule has 1 atom stereocenters. The summed E-state index contributed by atoms with van der Waals surface area (Å²) in [6.07, 6.45) is 0. The minimum Gasteiger partial charge on any atom is -0.489 e. The van der Waals surface area contributed by atoms with Crippen LogP contribution in [0.1, 0.15) is 18.5 Å². The molecule has 21 heavy (non-hydrogen) atoms. The second kappa shape index (κ2) is 7.13. The lowest BCUT2D eigenvalue weighted by Gasteiger charge is -2.15. The maximum atomic E-state index is 13.6. The normalized spacial score (nSPS) is 12.2. The van der Waals surface area contributed by atoms with Crippen molar-refractivity contribution in [2.75, 3.05) is 13.2 Å². The lowest BCUT2D eigenvalue weighted by Crippen LogP contribution is -2.25. The summed E-state index contributed by atoms with van der Waals surface area (Å²) in [4.78, 5) is 0. The molecule has 0 saturated carbocycles. The summed E-state index contributed by atoms with van der Waals surface area (Å²) in [5.74, 6) is -1.44. The molecule has 0 aliphatic carbocycles. The lowest BCUT2D eigenvalue weighted by molar-refractivity contribution is 0.292. The molecule has 0 saturated heterocycles. The van der Waals surface area contributed by atoms with Gasteiger partial charge in [-0.15, -0.1) is 0 Å². The first-order chi connectivity index (χ1) is 10.1. The van der Waals surface area contributed by atoms with Crippen molar-refractivity contribution in [3.63, 3.8) is 0 Å². The van der Waals surface area contributed by atoms with Gasteiger partial charge in [-0.1, -0.05) is 18.2 Å².